The maximum absolute atomic E-state index is 8.87. The molecule has 0 aliphatic heterocycles. The van der Waals surface area contributed by atoms with Gasteiger partial charge in [-0.15, -0.1) is 6.58 Å². The number of aliphatic hydroxyl groups excluding tert-OH is 1. The molecule has 0 aromatic carbocycles. The van der Waals surface area contributed by atoms with Crippen molar-refractivity contribution in [3.05, 3.63) is 23.8 Å². The highest BCUT2D eigenvalue weighted by Crippen LogP contribution is 2.33. The summed E-state index contributed by atoms with van der Waals surface area (Å²) >= 11 is 0. The van der Waals surface area contributed by atoms with E-state index in [1.54, 1.807) is 0 Å². The summed E-state index contributed by atoms with van der Waals surface area (Å²) in [5, 5.41) is 8.87. The van der Waals surface area contributed by atoms with Crippen molar-refractivity contribution in [1.82, 2.24) is 0 Å². The molecule has 1 heteroatoms. The summed E-state index contributed by atoms with van der Waals surface area (Å²) in [4.78, 5) is 0. The second kappa shape index (κ2) is 3.57. The average Bonchev–Trinajstić information content (AvgIpc) is 2.73. The van der Waals surface area contributed by atoms with Gasteiger partial charge < -0.3 is 5.11 Å². The Morgan fingerprint density at radius 1 is 1.60 bits per heavy atom. The molecule has 1 aliphatic carbocycles. The maximum Gasteiger partial charge on any atom is 0.0644 e. The third-order valence-electron chi connectivity index (χ3n) is 1.84. The van der Waals surface area contributed by atoms with Gasteiger partial charge in [0, 0.05) is 0 Å². The van der Waals surface area contributed by atoms with Crippen LogP contribution in [0.25, 0.3) is 0 Å². The largest absolute Gasteiger partial charge is 0.392 e. The molecule has 0 aromatic rings. The molecule has 1 saturated carbocycles. The highest BCUT2D eigenvalue weighted by molar-refractivity contribution is 5.25. The Hall–Kier alpha value is -0.560. The zero-order chi connectivity index (χ0) is 7.40. The van der Waals surface area contributed by atoms with Gasteiger partial charge in [-0.2, -0.15) is 0 Å². The molecule has 1 rings (SSSR count). The van der Waals surface area contributed by atoms with E-state index in [4.69, 9.17) is 5.11 Å². The summed E-state index contributed by atoms with van der Waals surface area (Å²) < 4.78 is 0. The van der Waals surface area contributed by atoms with Crippen molar-refractivity contribution in [2.75, 3.05) is 6.61 Å². The highest BCUT2D eigenvalue weighted by Gasteiger charge is 2.15. The predicted octanol–water partition coefficient (Wildman–Crippen LogP) is 2.04. The molecule has 0 unspecified atom stereocenters. The normalized spacial score (nSPS) is 15.1. The molecule has 0 spiro atoms. The molecule has 1 N–H and O–H groups in total. The van der Waals surface area contributed by atoms with E-state index < -0.39 is 0 Å². The molecule has 0 bridgehead atoms. The molecule has 0 amide bonds. The van der Waals surface area contributed by atoms with Crippen LogP contribution in [0.4, 0.5) is 0 Å². The van der Waals surface area contributed by atoms with Gasteiger partial charge in [-0.3, -0.25) is 0 Å². The van der Waals surface area contributed by atoms with Gasteiger partial charge in [0.05, 0.1) is 6.61 Å². The van der Waals surface area contributed by atoms with Crippen molar-refractivity contribution < 1.29 is 5.11 Å². The van der Waals surface area contributed by atoms with E-state index in [0.29, 0.717) is 0 Å². The molecule has 56 valence electrons. The molecule has 0 atom stereocenters. The number of hydrogen-bond acceptors (Lipinski definition) is 1. The van der Waals surface area contributed by atoms with E-state index in [1.807, 2.05) is 6.08 Å². The maximum atomic E-state index is 8.87. The topological polar surface area (TPSA) is 20.2 Å². The second-order valence-corrected chi connectivity index (χ2v) is 2.69. The van der Waals surface area contributed by atoms with E-state index in [2.05, 4.69) is 6.58 Å². The fourth-order valence-corrected chi connectivity index (χ4v) is 1.06. The quantitative estimate of drug-likeness (QED) is 0.589. The molecular formula is C9H14O. The fourth-order valence-electron chi connectivity index (χ4n) is 1.06. The minimum absolute atomic E-state index is 0.253. The summed E-state index contributed by atoms with van der Waals surface area (Å²) in [6.07, 6.45) is 6.34. The van der Waals surface area contributed by atoms with Crippen LogP contribution < -0.4 is 0 Å². The summed E-state index contributed by atoms with van der Waals surface area (Å²) in [5.74, 6) is 0. The van der Waals surface area contributed by atoms with Gasteiger partial charge in [-0.05, 0) is 31.3 Å². The first kappa shape index (κ1) is 7.55. The van der Waals surface area contributed by atoms with Crippen molar-refractivity contribution >= 4 is 0 Å². The van der Waals surface area contributed by atoms with E-state index in [-0.39, 0.29) is 6.61 Å². The van der Waals surface area contributed by atoms with Crippen LogP contribution in [0.15, 0.2) is 23.8 Å². The Morgan fingerprint density at radius 3 is 2.70 bits per heavy atom. The highest BCUT2D eigenvalue weighted by atomic mass is 16.3. The third-order valence-corrected chi connectivity index (χ3v) is 1.84. The Kier molecular flexibility index (Phi) is 2.69. The van der Waals surface area contributed by atoms with E-state index >= 15 is 0 Å². The first-order chi connectivity index (χ1) is 4.88. The zero-order valence-corrected chi connectivity index (χ0v) is 6.27. The van der Waals surface area contributed by atoms with Crippen LogP contribution in [0, 0.1) is 0 Å². The number of aliphatic hydroxyl groups is 1. The van der Waals surface area contributed by atoms with Gasteiger partial charge in [0.2, 0.25) is 0 Å². The van der Waals surface area contributed by atoms with E-state index in [1.165, 1.54) is 24.0 Å². The Bertz CT molecular complexity index is 150. The summed E-state index contributed by atoms with van der Waals surface area (Å²) in [5.41, 5.74) is 2.73. The molecule has 1 aliphatic rings. The van der Waals surface area contributed by atoms with Gasteiger partial charge >= 0.3 is 0 Å². The van der Waals surface area contributed by atoms with Crippen LogP contribution in [-0.2, 0) is 0 Å². The Morgan fingerprint density at radius 2 is 2.30 bits per heavy atom. The summed E-state index contributed by atoms with van der Waals surface area (Å²) in [6.45, 7) is 3.90. The minimum atomic E-state index is 0.253. The molecule has 1 fully saturated rings. The lowest BCUT2D eigenvalue weighted by molar-refractivity contribution is 0.326. The number of rotatable bonds is 4. The lowest BCUT2D eigenvalue weighted by atomic mass is 10.1. The average molecular weight is 138 g/mol. The lowest BCUT2D eigenvalue weighted by Crippen LogP contribution is -1.89. The Balaban J connectivity index is 2.34. The first-order valence-corrected chi connectivity index (χ1v) is 3.80. The molecule has 1 nitrogen and oxygen atoms in total. The van der Waals surface area contributed by atoms with Crippen molar-refractivity contribution in [2.24, 2.45) is 0 Å². The molecule has 0 heterocycles. The molecule has 10 heavy (non-hydrogen) atoms. The van der Waals surface area contributed by atoms with Crippen LogP contribution in [0.2, 0.25) is 0 Å². The minimum Gasteiger partial charge on any atom is -0.392 e. The van der Waals surface area contributed by atoms with Gasteiger partial charge in [0.1, 0.15) is 0 Å². The first-order valence-electron chi connectivity index (χ1n) is 3.80. The summed E-state index contributed by atoms with van der Waals surface area (Å²) in [7, 11) is 0. The SMILES string of the molecule is C=CCCC(CO)=C1CC1. The summed E-state index contributed by atoms with van der Waals surface area (Å²) in [6, 6.07) is 0. The second-order valence-electron chi connectivity index (χ2n) is 2.69. The molecular weight excluding hydrogens is 124 g/mol. The monoisotopic (exact) mass is 138 g/mol. The zero-order valence-electron chi connectivity index (χ0n) is 6.27. The van der Waals surface area contributed by atoms with Crippen LogP contribution in [0.1, 0.15) is 25.7 Å². The van der Waals surface area contributed by atoms with Gasteiger partial charge in [0.15, 0.2) is 0 Å². The van der Waals surface area contributed by atoms with Crippen LogP contribution in [0.5, 0.6) is 0 Å². The lowest BCUT2D eigenvalue weighted by Gasteiger charge is -1.98. The van der Waals surface area contributed by atoms with Crippen molar-refractivity contribution in [3.8, 4) is 0 Å². The van der Waals surface area contributed by atoms with E-state index in [0.717, 1.165) is 12.8 Å². The molecule has 0 saturated heterocycles. The number of allylic oxidation sites excluding steroid dienone is 2. The van der Waals surface area contributed by atoms with Crippen molar-refractivity contribution in [3.63, 3.8) is 0 Å². The standard InChI is InChI=1S/C9H14O/c1-2-3-4-9(7-10)8-5-6-8/h2,10H,1,3-7H2. The molecule has 0 aromatic heterocycles. The fraction of sp³-hybridized carbons (Fsp3) is 0.556. The van der Waals surface area contributed by atoms with Gasteiger partial charge in [0.25, 0.3) is 0 Å². The van der Waals surface area contributed by atoms with E-state index in [9.17, 15) is 0 Å². The van der Waals surface area contributed by atoms with Crippen LogP contribution >= 0.6 is 0 Å². The third kappa shape index (κ3) is 1.99. The van der Waals surface area contributed by atoms with Crippen LogP contribution in [-0.4, -0.2) is 11.7 Å². The smallest absolute Gasteiger partial charge is 0.0644 e. The Labute approximate surface area is 62.1 Å². The van der Waals surface area contributed by atoms with Crippen molar-refractivity contribution in [1.29, 1.82) is 0 Å². The molecule has 0 radical (unpaired) electrons. The van der Waals surface area contributed by atoms with Crippen LogP contribution in [0.3, 0.4) is 0 Å². The number of hydrogen-bond donors (Lipinski definition) is 1. The van der Waals surface area contributed by atoms with Crippen molar-refractivity contribution in [2.45, 2.75) is 25.7 Å². The predicted molar refractivity (Wildman–Crippen MR) is 42.8 cm³/mol. The van der Waals surface area contributed by atoms with Gasteiger partial charge in [-0.25, -0.2) is 0 Å². The van der Waals surface area contributed by atoms with Gasteiger partial charge in [-0.1, -0.05) is 11.6 Å².